The second-order valence-corrected chi connectivity index (χ2v) is 10.5. The summed E-state index contributed by atoms with van der Waals surface area (Å²) in [6.07, 6.45) is 7.94. The molecule has 2 fully saturated rings. The van der Waals surface area contributed by atoms with Crippen molar-refractivity contribution in [3.8, 4) is 0 Å². The minimum Gasteiger partial charge on any atom is -0.332 e. The maximum Gasteiger partial charge on any atom is 0.272 e. The van der Waals surface area contributed by atoms with E-state index in [-0.39, 0.29) is 11.8 Å². The number of carbonyl (C=O) groups is 2. The van der Waals surface area contributed by atoms with Crippen molar-refractivity contribution in [3.63, 3.8) is 0 Å². The zero-order valence-electron chi connectivity index (χ0n) is 19.6. The first-order valence-electron chi connectivity index (χ1n) is 12.3. The summed E-state index contributed by atoms with van der Waals surface area (Å²) in [7, 11) is 0. The van der Waals surface area contributed by atoms with Crippen LogP contribution in [0.4, 0.5) is 5.69 Å². The van der Waals surface area contributed by atoms with E-state index in [0.29, 0.717) is 42.8 Å². The third-order valence-electron chi connectivity index (χ3n) is 7.83. The number of hydrogen-bond acceptors (Lipinski definition) is 4. The van der Waals surface area contributed by atoms with Crippen molar-refractivity contribution in [1.82, 2.24) is 19.7 Å². The van der Waals surface area contributed by atoms with Gasteiger partial charge in [0.15, 0.2) is 0 Å². The highest BCUT2D eigenvalue weighted by molar-refractivity contribution is 6.30. The van der Waals surface area contributed by atoms with E-state index in [4.69, 9.17) is 11.6 Å². The van der Waals surface area contributed by atoms with Crippen molar-refractivity contribution in [1.29, 1.82) is 0 Å². The van der Waals surface area contributed by atoms with Crippen molar-refractivity contribution in [3.05, 3.63) is 89.0 Å². The van der Waals surface area contributed by atoms with E-state index in [1.54, 1.807) is 18.5 Å². The number of aromatic nitrogens is 3. The molecular weight excluding hydrogens is 474 g/mol. The molecule has 1 aliphatic carbocycles. The fraction of sp³-hybridized carbons (Fsp3) is 0.286. The number of nitrogens with zero attached hydrogens (tertiary/aromatic N) is 5. The highest BCUT2D eigenvalue weighted by atomic mass is 35.5. The summed E-state index contributed by atoms with van der Waals surface area (Å²) in [6.45, 7) is 1.29. The van der Waals surface area contributed by atoms with Crippen LogP contribution in [0.15, 0.2) is 67.1 Å². The predicted molar refractivity (Wildman–Crippen MR) is 137 cm³/mol. The molecule has 7 rings (SSSR count). The zero-order chi connectivity index (χ0) is 24.4. The van der Waals surface area contributed by atoms with Crippen LogP contribution in [0.1, 0.15) is 46.9 Å². The molecule has 0 N–H and O–H groups in total. The van der Waals surface area contributed by atoms with Gasteiger partial charge in [-0.25, -0.2) is 0 Å². The topological polar surface area (TPSA) is 71.3 Å². The monoisotopic (exact) mass is 497 g/mol. The van der Waals surface area contributed by atoms with E-state index in [0.717, 1.165) is 40.4 Å². The Labute approximate surface area is 213 Å². The number of halogens is 1. The lowest BCUT2D eigenvalue weighted by Gasteiger charge is -2.41. The normalized spacial score (nSPS) is 21.4. The van der Waals surface area contributed by atoms with Crippen molar-refractivity contribution in [2.24, 2.45) is 0 Å². The third-order valence-corrected chi connectivity index (χ3v) is 8.07. The van der Waals surface area contributed by atoms with Crippen molar-refractivity contribution < 1.29 is 9.59 Å². The van der Waals surface area contributed by atoms with Crippen LogP contribution in [0.3, 0.4) is 0 Å². The fourth-order valence-electron chi connectivity index (χ4n) is 5.92. The summed E-state index contributed by atoms with van der Waals surface area (Å²) in [5, 5.41) is 6.97. The number of anilines is 1. The van der Waals surface area contributed by atoms with Crippen LogP contribution in [0.25, 0.3) is 10.8 Å². The number of hydrogen-bond donors (Lipinski definition) is 0. The van der Waals surface area contributed by atoms with E-state index in [2.05, 4.69) is 10.1 Å². The van der Waals surface area contributed by atoms with Crippen LogP contribution in [-0.4, -0.2) is 44.6 Å². The predicted octanol–water partition coefficient (Wildman–Crippen LogP) is 4.75. The fourth-order valence-corrected chi connectivity index (χ4v) is 6.09. The first-order chi connectivity index (χ1) is 17.5. The van der Waals surface area contributed by atoms with E-state index < -0.39 is 5.41 Å². The van der Waals surface area contributed by atoms with Crippen LogP contribution >= 0.6 is 11.6 Å². The van der Waals surface area contributed by atoms with Crippen LogP contribution in [0.5, 0.6) is 0 Å². The average molecular weight is 498 g/mol. The summed E-state index contributed by atoms with van der Waals surface area (Å²) in [5.74, 6) is -0.102. The van der Waals surface area contributed by atoms with Crippen LogP contribution < -0.4 is 4.90 Å². The summed E-state index contributed by atoms with van der Waals surface area (Å²) >= 11 is 6.43. The van der Waals surface area contributed by atoms with Gasteiger partial charge >= 0.3 is 0 Å². The zero-order valence-corrected chi connectivity index (χ0v) is 20.4. The van der Waals surface area contributed by atoms with Gasteiger partial charge in [0, 0.05) is 47.8 Å². The lowest BCUT2D eigenvalue weighted by atomic mass is 9.73. The van der Waals surface area contributed by atoms with Crippen molar-refractivity contribution in [2.45, 2.75) is 37.3 Å². The Morgan fingerprint density at radius 1 is 1.08 bits per heavy atom. The van der Waals surface area contributed by atoms with Gasteiger partial charge in [-0.05, 0) is 48.6 Å². The maximum atomic E-state index is 14.3. The average Bonchev–Trinajstić information content (AvgIpc) is 3.54. The number of benzene rings is 2. The Bertz CT molecular complexity index is 1540. The molecule has 2 aromatic heterocycles. The maximum absolute atomic E-state index is 14.3. The number of amides is 2. The largest absolute Gasteiger partial charge is 0.332 e. The molecule has 2 aliphatic heterocycles. The highest BCUT2D eigenvalue weighted by Gasteiger charge is 2.53. The van der Waals surface area contributed by atoms with Gasteiger partial charge in [-0.2, -0.15) is 5.10 Å². The molecule has 4 aromatic rings. The SMILES string of the molecule is O=C(c1ccnn1C1CC1)N1Cc2ccc(Cl)cc2C2(CCN(c3cncc4ccccc34)C2=O)C1. The number of pyridine rings is 1. The summed E-state index contributed by atoms with van der Waals surface area (Å²) in [5.41, 5.74) is 2.41. The molecule has 1 spiro atoms. The van der Waals surface area contributed by atoms with Gasteiger partial charge in [-0.1, -0.05) is 41.9 Å². The van der Waals surface area contributed by atoms with Crippen molar-refractivity contribution >= 4 is 39.9 Å². The van der Waals surface area contributed by atoms with E-state index >= 15 is 0 Å². The number of rotatable bonds is 3. The van der Waals surface area contributed by atoms with E-state index in [1.165, 1.54) is 0 Å². The van der Waals surface area contributed by atoms with Gasteiger partial charge in [0.2, 0.25) is 5.91 Å². The molecule has 180 valence electrons. The Hall–Kier alpha value is -3.71. The lowest BCUT2D eigenvalue weighted by molar-refractivity contribution is -0.122. The quantitative estimate of drug-likeness (QED) is 0.409. The van der Waals surface area contributed by atoms with E-state index in [9.17, 15) is 9.59 Å². The molecule has 1 atom stereocenters. The molecule has 1 unspecified atom stereocenters. The Morgan fingerprint density at radius 2 is 1.94 bits per heavy atom. The second-order valence-electron chi connectivity index (χ2n) is 10.0. The standard InChI is InChI=1S/C28H24ClN5O2/c29-20-6-5-19-16-32(26(35)24-9-11-31-34(24)21-7-8-21)17-28(23(19)13-20)10-12-33(27(28)36)25-15-30-14-18-3-1-2-4-22(18)25/h1-6,9,11,13-15,21H,7-8,10,12,16-17H2. The van der Waals surface area contributed by atoms with Crippen molar-refractivity contribution in [2.75, 3.05) is 18.0 Å². The minimum atomic E-state index is -0.866. The molecular formula is C28H24ClN5O2. The van der Waals surface area contributed by atoms with Crippen LogP contribution in [0.2, 0.25) is 5.02 Å². The molecule has 8 heteroatoms. The van der Waals surface area contributed by atoms with Gasteiger partial charge in [-0.3, -0.25) is 19.3 Å². The smallest absolute Gasteiger partial charge is 0.272 e. The third kappa shape index (κ3) is 3.19. The second kappa shape index (κ2) is 7.90. The molecule has 0 bridgehead atoms. The Kier molecular flexibility index (Phi) is 4.73. The molecule has 7 nitrogen and oxygen atoms in total. The van der Waals surface area contributed by atoms with Gasteiger partial charge in [0.25, 0.3) is 5.91 Å². The summed E-state index contributed by atoms with van der Waals surface area (Å²) < 4.78 is 1.84. The van der Waals surface area contributed by atoms with Gasteiger partial charge in [0.1, 0.15) is 5.69 Å². The highest BCUT2D eigenvalue weighted by Crippen LogP contribution is 2.45. The molecule has 0 radical (unpaired) electrons. The molecule has 1 saturated heterocycles. The Morgan fingerprint density at radius 3 is 2.81 bits per heavy atom. The summed E-state index contributed by atoms with van der Waals surface area (Å²) in [6, 6.07) is 15.7. The molecule has 2 aromatic carbocycles. The first-order valence-corrected chi connectivity index (χ1v) is 12.7. The summed E-state index contributed by atoms with van der Waals surface area (Å²) in [4.78, 5) is 36.2. The first kappa shape index (κ1) is 21.6. The number of fused-ring (bicyclic) bond motifs is 3. The van der Waals surface area contributed by atoms with Gasteiger partial charge in [0.05, 0.1) is 23.3 Å². The lowest BCUT2D eigenvalue weighted by Crippen LogP contribution is -2.52. The molecule has 4 heterocycles. The van der Waals surface area contributed by atoms with Gasteiger partial charge in [-0.15, -0.1) is 0 Å². The van der Waals surface area contributed by atoms with Crippen LogP contribution in [0, 0.1) is 0 Å². The molecule has 3 aliphatic rings. The van der Waals surface area contributed by atoms with Crippen LogP contribution in [-0.2, 0) is 16.8 Å². The minimum absolute atomic E-state index is 0.0163. The Balaban J connectivity index is 1.31. The van der Waals surface area contributed by atoms with E-state index in [1.807, 2.05) is 63.1 Å². The molecule has 2 amide bonds. The molecule has 36 heavy (non-hydrogen) atoms. The number of carbonyl (C=O) groups excluding carboxylic acids is 2. The molecule has 1 saturated carbocycles. The van der Waals surface area contributed by atoms with Gasteiger partial charge < -0.3 is 9.80 Å².